The van der Waals surface area contributed by atoms with Crippen LogP contribution in [0.4, 0.5) is 0 Å². The van der Waals surface area contributed by atoms with E-state index in [1.165, 1.54) is 38.8 Å². The summed E-state index contributed by atoms with van der Waals surface area (Å²) in [7, 11) is 0. The lowest BCUT2D eigenvalue weighted by Crippen LogP contribution is -2.26. The maximum absolute atomic E-state index is 10.3. The molecule has 0 spiro atoms. The van der Waals surface area contributed by atoms with Crippen molar-refractivity contribution in [1.82, 2.24) is 4.90 Å². The Kier molecular flexibility index (Phi) is 7.04. The Balaban J connectivity index is 1.77. The first-order valence-electron chi connectivity index (χ1n) is 8.43. The molecule has 1 atom stereocenters. The lowest BCUT2D eigenvalue weighted by Gasteiger charge is -2.21. The van der Waals surface area contributed by atoms with Gasteiger partial charge in [-0.1, -0.05) is 31.9 Å². The Hall–Kier alpha value is -1.06. The summed E-state index contributed by atoms with van der Waals surface area (Å²) in [6.07, 6.45) is 6.79. The summed E-state index contributed by atoms with van der Waals surface area (Å²) < 4.78 is 5.57. The maximum atomic E-state index is 10.3. The first kappa shape index (κ1) is 16.3. The molecule has 1 aliphatic rings. The van der Waals surface area contributed by atoms with Crippen LogP contribution < -0.4 is 4.74 Å². The maximum Gasteiger partial charge on any atom is 0.119 e. The Morgan fingerprint density at radius 1 is 1.10 bits per heavy atom. The molecular formula is C18H29NO2. The van der Waals surface area contributed by atoms with Gasteiger partial charge in [0.05, 0.1) is 12.7 Å². The molecule has 3 heteroatoms. The molecule has 1 aromatic rings. The fraction of sp³-hybridized carbons (Fsp3) is 0.667. The van der Waals surface area contributed by atoms with Crippen molar-refractivity contribution in [2.24, 2.45) is 0 Å². The van der Waals surface area contributed by atoms with Crippen LogP contribution in [0.3, 0.4) is 0 Å². The van der Waals surface area contributed by atoms with Gasteiger partial charge in [0.1, 0.15) is 5.75 Å². The molecule has 118 valence electrons. The molecule has 3 nitrogen and oxygen atoms in total. The molecule has 1 unspecified atom stereocenters. The highest BCUT2D eigenvalue weighted by atomic mass is 16.5. The molecule has 0 amide bonds. The average Bonchev–Trinajstić information content (AvgIpc) is 2.80. The largest absolute Gasteiger partial charge is 0.494 e. The highest BCUT2D eigenvalue weighted by molar-refractivity contribution is 5.28. The second-order valence-electron chi connectivity index (χ2n) is 5.98. The van der Waals surface area contributed by atoms with Crippen LogP contribution in [0.2, 0.25) is 0 Å². The normalized spacial score (nSPS) is 18.2. The summed E-state index contributed by atoms with van der Waals surface area (Å²) in [5, 5.41) is 10.3. The van der Waals surface area contributed by atoms with Crippen molar-refractivity contribution in [2.45, 2.75) is 51.6 Å². The van der Waals surface area contributed by atoms with Gasteiger partial charge in [0, 0.05) is 6.54 Å². The number of aliphatic hydroxyl groups excluding tert-OH is 1. The zero-order chi connectivity index (χ0) is 14.9. The molecule has 1 aromatic carbocycles. The fourth-order valence-corrected chi connectivity index (χ4v) is 2.84. The van der Waals surface area contributed by atoms with E-state index in [4.69, 9.17) is 4.74 Å². The van der Waals surface area contributed by atoms with Crippen molar-refractivity contribution in [1.29, 1.82) is 0 Å². The summed E-state index contributed by atoms with van der Waals surface area (Å²) in [6, 6.07) is 7.89. The van der Waals surface area contributed by atoms with Gasteiger partial charge in [-0.3, -0.25) is 0 Å². The topological polar surface area (TPSA) is 32.7 Å². The molecule has 1 fully saturated rings. The third-order valence-electron chi connectivity index (χ3n) is 4.16. The number of aliphatic hydroxyl groups is 1. The molecule has 2 rings (SSSR count). The molecule has 1 N–H and O–H groups in total. The number of likely N-dealkylation sites (tertiary alicyclic amines) is 1. The standard InChI is InChI=1S/C18H29NO2/c1-2-15-21-17-9-7-16(8-10-17)18(20)11-14-19-12-5-3-4-6-13-19/h7-10,18,20H,2-6,11-15H2,1H3. The van der Waals surface area contributed by atoms with Crippen molar-refractivity contribution in [3.8, 4) is 5.75 Å². The van der Waals surface area contributed by atoms with Crippen molar-refractivity contribution in [3.63, 3.8) is 0 Å². The van der Waals surface area contributed by atoms with Crippen molar-refractivity contribution < 1.29 is 9.84 Å². The molecule has 1 heterocycles. The van der Waals surface area contributed by atoms with E-state index in [1.54, 1.807) is 0 Å². The first-order chi connectivity index (χ1) is 10.3. The third kappa shape index (κ3) is 5.68. The number of ether oxygens (including phenoxy) is 1. The van der Waals surface area contributed by atoms with E-state index >= 15 is 0 Å². The zero-order valence-corrected chi connectivity index (χ0v) is 13.3. The van der Waals surface area contributed by atoms with Crippen LogP contribution >= 0.6 is 0 Å². The number of hydrogen-bond acceptors (Lipinski definition) is 3. The highest BCUT2D eigenvalue weighted by Gasteiger charge is 2.12. The monoisotopic (exact) mass is 291 g/mol. The molecule has 1 aliphatic heterocycles. The number of hydrogen-bond donors (Lipinski definition) is 1. The lowest BCUT2D eigenvalue weighted by molar-refractivity contribution is 0.143. The summed E-state index contributed by atoms with van der Waals surface area (Å²) >= 11 is 0. The molecule has 1 saturated heterocycles. The third-order valence-corrected chi connectivity index (χ3v) is 4.16. The highest BCUT2D eigenvalue weighted by Crippen LogP contribution is 2.21. The molecule has 21 heavy (non-hydrogen) atoms. The van der Waals surface area contributed by atoms with E-state index in [1.807, 2.05) is 24.3 Å². The van der Waals surface area contributed by atoms with Crippen molar-refractivity contribution >= 4 is 0 Å². The predicted octanol–water partition coefficient (Wildman–Crippen LogP) is 3.77. The lowest BCUT2D eigenvalue weighted by atomic mass is 10.1. The van der Waals surface area contributed by atoms with Crippen molar-refractivity contribution in [3.05, 3.63) is 29.8 Å². The number of benzene rings is 1. The Morgan fingerprint density at radius 2 is 1.76 bits per heavy atom. The van der Waals surface area contributed by atoms with Gasteiger partial charge >= 0.3 is 0 Å². The smallest absolute Gasteiger partial charge is 0.119 e. The molecular weight excluding hydrogens is 262 g/mol. The Labute approximate surface area is 128 Å². The average molecular weight is 291 g/mol. The van der Waals surface area contributed by atoms with Gasteiger partial charge in [0.15, 0.2) is 0 Å². The van der Waals surface area contributed by atoms with Crippen LogP contribution in [-0.4, -0.2) is 36.2 Å². The summed E-state index contributed by atoms with van der Waals surface area (Å²) in [4.78, 5) is 2.49. The van der Waals surface area contributed by atoms with Gasteiger partial charge in [-0.15, -0.1) is 0 Å². The molecule has 0 aliphatic carbocycles. The number of rotatable bonds is 7. The zero-order valence-electron chi connectivity index (χ0n) is 13.3. The van der Waals surface area contributed by atoms with Gasteiger partial charge in [-0.05, 0) is 56.5 Å². The van der Waals surface area contributed by atoms with Gasteiger partial charge in [0.25, 0.3) is 0 Å². The second kappa shape index (κ2) is 9.06. The van der Waals surface area contributed by atoms with Gasteiger partial charge in [0.2, 0.25) is 0 Å². The van der Waals surface area contributed by atoms with Crippen LogP contribution in [0, 0.1) is 0 Å². The van der Waals surface area contributed by atoms with Gasteiger partial charge in [-0.2, -0.15) is 0 Å². The van der Waals surface area contributed by atoms with Gasteiger partial charge < -0.3 is 14.7 Å². The number of nitrogens with zero attached hydrogens (tertiary/aromatic N) is 1. The minimum Gasteiger partial charge on any atom is -0.494 e. The minimum absolute atomic E-state index is 0.367. The first-order valence-corrected chi connectivity index (χ1v) is 8.43. The summed E-state index contributed by atoms with van der Waals surface area (Å²) in [5.41, 5.74) is 0.994. The van der Waals surface area contributed by atoms with E-state index < -0.39 is 0 Å². The molecule has 0 saturated carbocycles. The van der Waals surface area contributed by atoms with E-state index in [0.717, 1.165) is 37.3 Å². The molecule has 0 radical (unpaired) electrons. The van der Waals surface area contributed by atoms with Crippen LogP contribution in [0.1, 0.15) is 57.1 Å². The Morgan fingerprint density at radius 3 is 2.38 bits per heavy atom. The Bertz CT molecular complexity index is 383. The molecule has 0 bridgehead atoms. The van der Waals surface area contributed by atoms with E-state index in [2.05, 4.69) is 11.8 Å². The second-order valence-corrected chi connectivity index (χ2v) is 5.98. The van der Waals surface area contributed by atoms with E-state index in [-0.39, 0.29) is 6.10 Å². The van der Waals surface area contributed by atoms with E-state index in [9.17, 15) is 5.11 Å². The van der Waals surface area contributed by atoms with E-state index in [0.29, 0.717) is 0 Å². The van der Waals surface area contributed by atoms with Gasteiger partial charge in [-0.25, -0.2) is 0 Å². The van der Waals surface area contributed by atoms with Crippen LogP contribution in [-0.2, 0) is 0 Å². The molecule has 0 aromatic heterocycles. The van der Waals surface area contributed by atoms with Crippen LogP contribution in [0.25, 0.3) is 0 Å². The predicted molar refractivity (Wildman–Crippen MR) is 86.7 cm³/mol. The minimum atomic E-state index is -0.367. The SMILES string of the molecule is CCCOc1ccc(C(O)CCN2CCCCCC2)cc1. The summed E-state index contributed by atoms with van der Waals surface area (Å²) in [6.45, 7) is 6.22. The quantitative estimate of drug-likeness (QED) is 0.830. The van der Waals surface area contributed by atoms with Crippen molar-refractivity contribution in [2.75, 3.05) is 26.2 Å². The van der Waals surface area contributed by atoms with Crippen LogP contribution in [0.15, 0.2) is 24.3 Å². The van der Waals surface area contributed by atoms with Crippen LogP contribution in [0.5, 0.6) is 5.75 Å². The fourth-order valence-electron chi connectivity index (χ4n) is 2.84. The summed E-state index contributed by atoms with van der Waals surface area (Å²) in [5.74, 6) is 0.889.